The summed E-state index contributed by atoms with van der Waals surface area (Å²) in [6.45, 7) is 0. The minimum atomic E-state index is 0.585. The van der Waals surface area contributed by atoms with Crippen LogP contribution in [-0.4, -0.2) is 0 Å². The van der Waals surface area contributed by atoms with Crippen LogP contribution in [0.1, 0.15) is 22.3 Å². The molecule has 2 aromatic rings. The molecule has 1 nitrogen and oxygen atoms in total. The zero-order valence-corrected chi connectivity index (χ0v) is 10.8. The van der Waals surface area contributed by atoms with E-state index in [1.54, 1.807) is 0 Å². The van der Waals surface area contributed by atoms with Gasteiger partial charge < -0.3 is 0 Å². The molecule has 1 heteroatoms. The monoisotopic (exact) mass is 253 g/mol. The summed E-state index contributed by atoms with van der Waals surface area (Å²) in [6, 6.07) is 17.0. The molecule has 0 aliphatic rings. The fourth-order valence-electron chi connectivity index (χ4n) is 1.77. The molecule has 0 saturated heterocycles. The number of terminal acetylenes is 2. The van der Waals surface area contributed by atoms with Crippen molar-refractivity contribution in [2.45, 2.75) is 0 Å². The quantitative estimate of drug-likeness (QED) is 0.454. The molecule has 0 fully saturated rings. The predicted octanol–water partition coefficient (Wildman–Crippen LogP) is 3.71. The molecule has 92 valence electrons. The minimum absolute atomic E-state index is 0.585. The van der Waals surface area contributed by atoms with Gasteiger partial charge in [-0.2, -0.15) is 5.26 Å². The molecule has 2 aromatic carbocycles. The van der Waals surface area contributed by atoms with Gasteiger partial charge >= 0.3 is 0 Å². The molecule has 0 heterocycles. The van der Waals surface area contributed by atoms with Crippen LogP contribution in [0.3, 0.4) is 0 Å². The Bertz CT molecular complexity index is 755. The molecule has 0 spiro atoms. The Morgan fingerprint density at radius 1 is 0.850 bits per heavy atom. The first kappa shape index (κ1) is 13.2. The van der Waals surface area contributed by atoms with Crippen LogP contribution < -0.4 is 0 Å². The molecule has 0 bridgehead atoms. The Kier molecular flexibility index (Phi) is 4.04. The highest BCUT2D eigenvalue weighted by atomic mass is 14.2. The summed E-state index contributed by atoms with van der Waals surface area (Å²) < 4.78 is 0. The van der Waals surface area contributed by atoms with E-state index in [0.29, 0.717) is 5.57 Å². The average molecular weight is 253 g/mol. The second kappa shape index (κ2) is 6.10. The van der Waals surface area contributed by atoms with E-state index in [1.165, 1.54) is 0 Å². The molecule has 0 saturated carbocycles. The molecule has 0 aliphatic carbocycles. The smallest absolute Gasteiger partial charge is 0.0998 e. The maximum atomic E-state index is 9.28. The highest BCUT2D eigenvalue weighted by molar-refractivity contribution is 5.89. The van der Waals surface area contributed by atoms with Crippen LogP contribution in [-0.2, 0) is 0 Å². The van der Waals surface area contributed by atoms with Crippen molar-refractivity contribution in [3.05, 3.63) is 70.8 Å². The van der Waals surface area contributed by atoms with Crippen LogP contribution in [0, 0.1) is 36.0 Å². The van der Waals surface area contributed by atoms with Crippen molar-refractivity contribution in [2.75, 3.05) is 0 Å². The van der Waals surface area contributed by atoms with E-state index in [1.807, 2.05) is 54.6 Å². The summed E-state index contributed by atoms with van der Waals surface area (Å²) in [5.41, 5.74) is 3.97. The van der Waals surface area contributed by atoms with E-state index in [0.717, 1.165) is 22.3 Å². The summed E-state index contributed by atoms with van der Waals surface area (Å²) in [5, 5.41) is 9.28. The molecule has 20 heavy (non-hydrogen) atoms. The van der Waals surface area contributed by atoms with Gasteiger partial charge in [-0.1, -0.05) is 36.1 Å². The van der Waals surface area contributed by atoms with Crippen LogP contribution in [0.5, 0.6) is 0 Å². The second-order valence-corrected chi connectivity index (χ2v) is 4.16. The van der Waals surface area contributed by atoms with Crippen LogP contribution in [0.4, 0.5) is 0 Å². The van der Waals surface area contributed by atoms with E-state index in [9.17, 15) is 5.26 Å². The van der Waals surface area contributed by atoms with Crippen molar-refractivity contribution in [3.8, 4) is 30.8 Å². The third-order valence-corrected chi connectivity index (χ3v) is 2.87. The SMILES string of the molecule is C#Cc1ccc(/C=C(\C#N)c2ccc(C#C)cc2)cc1. The van der Waals surface area contributed by atoms with Crippen LogP contribution in [0.15, 0.2) is 48.5 Å². The van der Waals surface area contributed by atoms with Gasteiger partial charge in [0.1, 0.15) is 0 Å². The Hall–Kier alpha value is -3.21. The Labute approximate surface area is 119 Å². The topological polar surface area (TPSA) is 23.8 Å². The second-order valence-electron chi connectivity index (χ2n) is 4.16. The fourth-order valence-corrected chi connectivity index (χ4v) is 1.77. The van der Waals surface area contributed by atoms with Gasteiger partial charge in [-0.3, -0.25) is 0 Å². The maximum absolute atomic E-state index is 9.28. The summed E-state index contributed by atoms with van der Waals surface area (Å²) in [6.07, 6.45) is 12.5. The van der Waals surface area contributed by atoms with E-state index in [2.05, 4.69) is 17.9 Å². The van der Waals surface area contributed by atoms with Gasteiger partial charge in [0.15, 0.2) is 0 Å². The standard InChI is InChI=1S/C19H11N/c1-3-15-5-7-17(8-6-15)13-19(14-20)18-11-9-16(4-2)10-12-18/h1-2,5-13H/b19-13+. The highest BCUT2D eigenvalue weighted by Gasteiger charge is 2.01. The molecule has 0 atom stereocenters. The zero-order chi connectivity index (χ0) is 14.4. The molecule has 2 rings (SSSR count). The molecular weight excluding hydrogens is 242 g/mol. The van der Waals surface area contributed by atoms with Gasteiger partial charge in [0.2, 0.25) is 0 Å². The summed E-state index contributed by atoms with van der Waals surface area (Å²) >= 11 is 0. The van der Waals surface area contributed by atoms with Crippen molar-refractivity contribution in [1.29, 1.82) is 5.26 Å². The van der Waals surface area contributed by atoms with Crippen molar-refractivity contribution >= 4 is 11.6 Å². The third-order valence-electron chi connectivity index (χ3n) is 2.87. The Morgan fingerprint density at radius 2 is 1.35 bits per heavy atom. The van der Waals surface area contributed by atoms with Crippen LogP contribution in [0.25, 0.3) is 11.6 Å². The van der Waals surface area contributed by atoms with Crippen molar-refractivity contribution < 1.29 is 0 Å². The van der Waals surface area contributed by atoms with Gasteiger partial charge in [-0.25, -0.2) is 0 Å². The number of hydrogen-bond acceptors (Lipinski definition) is 1. The lowest BCUT2D eigenvalue weighted by Gasteiger charge is -2.00. The lowest BCUT2D eigenvalue weighted by atomic mass is 10.0. The third kappa shape index (κ3) is 2.97. The number of hydrogen-bond donors (Lipinski definition) is 0. The minimum Gasteiger partial charge on any atom is -0.192 e. The zero-order valence-electron chi connectivity index (χ0n) is 10.8. The Balaban J connectivity index is 2.36. The lowest BCUT2D eigenvalue weighted by Crippen LogP contribution is -1.83. The van der Waals surface area contributed by atoms with Gasteiger partial charge in [0, 0.05) is 11.1 Å². The maximum Gasteiger partial charge on any atom is 0.0998 e. The predicted molar refractivity (Wildman–Crippen MR) is 82.2 cm³/mol. The molecular formula is C19H11N. The summed E-state index contributed by atoms with van der Waals surface area (Å²) in [5.74, 6) is 5.11. The average Bonchev–Trinajstić information content (AvgIpc) is 2.53. The van der Waals surface area contributed by atoms with Crippen LogP contribution >= 0.6 is 0 Å². The normalized spacial score (nSPS) is 10.2. The van der Waals surface area contributed by atoms with E-state index in [4.69, 9.17) is 12.8 Å². The molecule has 0 radical (unpaired) electrons. The van der Waals surface area contributed by atoms with Gasteiger partial charge in [0.25, 0.3) is 0 Å². The number of benzene rings is 2. The van der Waals surface area contributed by atoms with Gasteiger partial charge in [-0.05, 0) is 41.5 Å². The first-order valence-corrected chi connectivity index (χ1v) is 6.02. The van der Waals surface area contributed by atoms with E-state index >= 15 is 0 Å². The largest absolute Gasteiger partial charge is 0.192 e. The van der Waals surface area contributed by atoms with Crippen molar-refractivity contribution in [3.63, 3.8) is 0 Å². The number of allylic oxidation sites excluding steroid dienone is 1. The molecule has 0 amide bonds. The first-order chi connectivity index (χ1) is 9.76. The van der Waals surface area contributed by atoms with Gasteiger partial charge in [0.05, 0.1) is 11.6 Å². The van der Waals surface area contributed by atoms with Crippen molar-refractivity contribution in [2.24, 2.45) is 0 Å². The van der Waals surface area contributed by atoms with Crippen molar-refractivity contribution in [1.82, 2.24) is 0 Å². The van der Waals surface area contributed by atoms with E-state index in [-0.39, 0.29) is 0 Å². The Morgan fingerprint density at radius 3 is 1.80 bits per heavy atom. The first-order valence-electron chi connectivity index (χ1n) is 6.02. The summed E-state index contributed by atoms with van der Waals surface area (Å²) in [7, 11) is 0. The van der Waals surface area contributed by atoms with Gasteiger partial charge in [-0.15, -0.1) is 12.8 Å². The highest BCUT2D eigenvalue weighted by Crippen LogP contribution is 2.18. The molecule has 0 unspecified atom stereocenters. The van der Waals surface area contributed by atoms with Crippen LogP contribution in [0.2, 0.25) is 0 Å². The number of nitriles is 1. The van der Waals surface area contributed by atoms with E-state index < -0.39 is 0 Å². The summed E-state index contributed by atoms with van der Waals surface area (Å²) in [4.78, 5) is 0. The molecule has 0 N–H and O–H groups in total. The number of nitrogens with zero attached hydrogens (tertiary/aromatic N) is 1. The fraction of sp³-hybridized carbons (Fsp3) is 0. The number of rotatable bonds is 2. The lowest BCUT2D eigenvalue weighted by molar-refractivity contribution is 1.52. The molecule has 0 aliphatic heterocycles. The molecule has 0 aromatic heterocycles.